The van der Waals surface area contributed by atoms with E-state index in [4.69, 9.17) is 4.74 Å². The number of hydrogen-bond acceptors (Lipinski definition) is 3. The summed E-state index contributed by atoms with van der Waals surface area (Å²) in [6, 6.07) is 7.21. The van der Waals surface area contributed by atoms with Gasteiger partial charge < -0.3 is 19.9 Å². The fourth-order valence-corrected chi connectivity index (χ4v) is 2.78. The van der Waals surface area contributed by atoms with Crippen molar-refractivity contribution >= 4 is 17.6 Å². The van der Waals surface area contributed by atoms with Crippen LogP contribution in [-0.4, -0.2) is 55.0 Å². The zero-order valence-corrected chi connectivity index (χ0v) is 14.9. The number of methoxy groups -OCH3 is 1. The van der Waals surface area contributed by atoms with Gasteiger partial charge in [-0.1, -0.05) is 0 Å². The number of benzene rings is 1. The number of nitrogens with zero attached hydrogens (tertiary/aromatic N) is 2. The highest BCUT2D eigenvalue weighted by molar-refractivity contribution is 5.90. The molecule has 0 saturated carbocycles. The molecule has 1 saturated heterocycles. The molecule has 24 heavy (non-hydrogen) atoms. The first-order valence-electron chi connectivity index (χ1n) is 8.39. The number of likely N-dealkylation sites (tertiary alicyclic amines) is 1. The minimum Gasteiger partial charge on any atom is -0.497 e. The molecule has 1 aromatic rings. The van der Waals surface area contributed by atoms with Crippen molar-refractivity contribution in [3.63, 3.8) is 0 Å². The summed E-state index contributed by atoms with van der Waals surface area (Å²) >= 11 is 0. The van der Waals surface area contributed by atoms with Crippen LogP contribution >= 0.6 is 0 Å². The maximum absolute atomic E-state index is 12.5. The van der Waals surface area contributed by atoms with Gasteiger partial charge in [0.1, 0.15) is 5.75 Å². The van der Waals surface area contributed by atoms with Crippen LogP contribution in [0.15, 0.2) is 24.3 Å². The van der Waals surface area contributed by atoms with Crippen molar-refractivity contribution in [3.05, 3.63) is 24.3 Å². The Labute approximate surface area is 143 Å². The van der Waals surface area contributed by atoms with Crippen LogP contribution < -0.4 is 10.1 Å². The number of piperidine rings is 1. The lowest BCUT2D eigenvalue weighted by Gasteiger charge is -2.35. The molecule has 1 atom stereocenters. The highest BCUT2D eigenvalue weighted by Crippen LogP contribution is 2.21. The van der Waals surface area contributed by atoms with Crippen molar-refractivity contribution in [3.8, 4) is 5.75 Å². The lowest BCUT2D eigenvalue weighted by atomic mass is 9.96. The number of carbonyl (C=O) groups is 2. The predicted octanol–water partition coefficient (Wildman–Crippen LogP) is 2.81. The molecular formula is C18H27N3O3. The van der Waals surface area contributed by atoms with Crippen molar-refractivity contribution in [1.82, 2.24) is 9.80 Å². The molecule has 1 aromatic carbocycles. The highest BCUT2D eigenvalue weighted by atomic mass is 16.5. The predicted molar refractivity (Wildman–Crippen MR) is 94.2 cm³/mol. The number of ether oxygens (including phenoxy) is 1. The monoisotopic (exact) mass is 333 g/mol. The molecule has 0 radical (unpaired) electrons. The molecule has 2 rings (SSSR count). The van der Waals surface area contributed by atoms with Crippen LogP contribution in [0.25, 0.3) is 0 Å². The quantitative estimate of drug-likeness (QED) is 0.921. The van der Waals surface area contributed by atoms with E-state index in [1.807, 2.05) is 20.9 Å². The summed E-state index contributed by atoms with van der Waals surface area (Å²) in [6.07, 6.45) is 1.68. The number of hydrogen-bond donors (Lipinski definition) is 1. The Bertz CT molecular complexity index is 571. The standard InChI is InChI=1S/C18H27N3O3/c1-13(2)20(3)17(22)14-6-5-11-21(12-14)18(23)19-15-7-9-16(24-4)10-8-15/h7-10,13-14H,5-6,11-12H2,1-4H3,(H,19,23)/t14-/m1/s1. The molecule has 6 heteroatoms. The van der Waals surface area contributed by atoms with E-state index >= 15 is 0 Å². The number of nitrogens with one attached hydrogen (secondary N) is 1. The van der Waals surface area contributed by atoms with Crippen molar-refractivity contribution in [2.45, 2.75) is 32.7 Å². The maximum atomic E-state index is 12.5. The number of amides is 3. The molecule has 1 N–H and O–H groups in total. The molecule has 0 bridgehead atoms. The lowest BCUT2D eigenvalue weighted by molar-refractivity contribution is -0.137. The fourth-order valence-electron chi connectivity index (χ4n) is 2.78. The van der Waals surface area contributed by atoms with E-state index in [1.54, 1.807) is 41.2 Å². The van der Waals surface area contributed by atoms with E-state index in [0.29, 0.717) is 18.8 Å². The third-order valence-electron chi connectivity index (χ3n) is 4.52. The van der Waals surface area contributed by atoms with Gasteiger partial charge in [0.2, 0.25) is 5.91 Å². The van der Waals surface area contributed by atoms with E-state index in [0.717, 1.165) is 18.6 Å². The van der Waals surface area contributed by atoms with Gasteiger partial charge in [0.15, 0.2) is 0 Å². The third-order valence-corrected chi connectivity index (χ3v) is 4.52. The minimum absolute atomic E-state index is 0.118. The molecule has 1 aliphatic rings. The summed E-state index contributed by atoms with van der Waals surface area (Å²) in [4.78, 5) is 28.4. The Morgan fingerprint density at radius 2 is 1.96 bits per heavy atom. The summed E-state index contributed by atoms with van der Waals surface area (Å²) in [6.45, 7) is 5.14. The molecule has 6 nitrogen and oxygen atoms in total. The Balaban J connectivity index is 1.95. The summed E-state index contributed by atoms with van der Waals surface area (Å²) < 4.78 is 5.11. The zero-order chi connectivity index (χ0) is 17.7. The van der Waals surface area contributed by atoms with E-state index < -0.39 is 0 Å². The third kappa shape index (κ3) is 4.40. The number of anilines is 1. The first-order valence-corrected chi connectivity index (χ1v) is 8.39. The van der Waals surface area contributed by atoms with Gasteiger partial charge in [0, 0.05) is 31.9 Å². The van der Waals surface area contributed by atoms with E-state index in [2.05, 4.69) is 5.32 Å². The number of carbonyl (C=O) groups excluding carboxylic acids is 2. The molecule has 132 valence electrons. The Kier molecular flexibility index (Phi) is 6.06. The van der Waals surface area contributed by atoms with E-state index in [-0.39, 0.29) is 23.9 Å². The Morgan fingerprint density at radius 1 is 1.29 bits per heavy atom. The van der Waals surface area contributed by atoms with Gasteiger partial charge in [-0.15, -0.1) is 0 Å². The van der Waals surface area contributed by atoms with Crippen LogP contribution in [0.1, 0.15) is 26.7 Å². The molecular weight excluding hydrogens is 306 g/mol. The molecule has 1 aliphatic heterocycles. The molecule has 0 aromatic heterocycles. The summed E-state index contributed by atoms with van der Waals surface area (Å²) in [5, 5.41) is 2.88. The highest BCUT2D eigenvalue weighted by Gasteiger charge is 2.30. The van der Waals surface area contributed by atoms with Crippen LogP contribution in [-0.2, 0) is 4.79 Å². The van der Waals surface area contributed by atoms with Gasteiger partial charge in [-0.2, -0.15) is 0 Å². The van der Waals surface area contributed by atoms with Crippen LogP contribution in [0.4, 0.5) is 10.5 Å². The van der Waals surface area contributed by atoms with Crippen molar-refractivity contribution in [1.29, 1.82) is 0 Å². The zero-order valence-electron chi connectivity index (χ0n) is 14.9. The first kappa shape index (κ1) is 18.1. The molecule has 1 heterocycles. The second kappa shape index (κ2) is 8.04. The number of urea groups is 1. The smallest absolute Gasteiger partial charge is 0.321 e. The average Bonchev–Trinajstić information content (AvgIpc) is 2.61. The second-order valence-electron chi connectivity index (χ2n) is 6.49. The summed E-state index contributed by atoms with van der Waals surface area (Å²) in [5.41, 5.74) is 0.716. The maximum Gasteiger partial charge on any atom is 0.321 e. The van der Waals surface area contributed by atoms with Gasteiger partial charge >= 0.3 is 6.03 Å². The normalized spacial score (nSPS) is 17.5. The second-order valence-corrected chi connectivity index (χ2v) is 6.49. The number of rotatable bonds is 4. The van der Waals surface area contributed by atoms with Crippen molar-refractivity contribution in [2.24, 2.45) is 5.92 Å². The summed E-state index contributed by atoms with van der Waals surface area (Å²) in [5.74, 6) is 0.744. The first-order chi connectivity index (χ1) is 11.4. The molecule has 1 fully saturated rings. The van der Waals surface area contributed by atoms with Crippen molar-refractivity contribution in [2.75, 3.05) is 32.6 Å². The Hall–Kier alpha value is -2.24. The molecule has 0 spiro atoms. The molecule has 0 unspecified atom stereocenters. The van der Waals surface area contributed by atoms with Gasteiger partial charge in [-0.3, -0.25) is 4.79 Å². The average molecular weight is 333 g/mol. The van der Waals surface area contributed by atoms with Crippen LogP contribution in [0.2, 0.25) is 0 Å². The van der Waals surface area contributed by atoms with Crippen LogP contribution in [0.3, 0.4) is 0 Å². The van der Waals surface area contributed by atoms with E-state index in [9.17, 15) is 9.59 Å². The summed E-state index contributed by atoms with van der Waals surface area (Å²) in [7, 11) is 3.43. The largest absolute Gasteiger partial charge is 0.497 e. The lowest BCUT2D eigenvalue weighted by Crippen LogP contribution is -2.48. The van der Waals surface area contributed by atoms with Gasteiger partial charge in [0.05, 0.1) is 13.0 Å². The minimum atomic E-state index is -0.162. The van der Waals surface area contributed by atoms with Gasteiger partial charge in [0.25, 0.3) is 0 Å². The molecule has 0 aliphatic carbocycles. The van der Waals surface area contributed by atoms with Crippen LogP contribution in [0, 0.1) is 5.92 Å². The SMILES string of the molecule is COc1ccc(NC(=O)N2CCC[C@@H](C(=O)N(C)C(C)C)C2)cc1. The Morgan fingerprint density at radius 3 is 2.54 bits per heavy atom. The van der Waals surface area contributed by atoms with Gasteiger partial charge in [-0.25, -0.2) is 4.79 Å². The van der Waals surface area contributed by atoms with Gasteiger partial charge in [-0.05, 0) is 51.0 Å². The fraction of sp³-hybridized carbons (Fsp3) is 0.556. The van der Waals surface area contributed by atoms with Crippen LogP contribution in [0.5, 0.6) is 5.75 Å². The van der Waals surface area contributed by atoms with E-state index in [1.165, 1.54) is 0 Å². The molecule has 3 amide bonds. The van der Waals surface area contributed by atoms with Crippen molar-refractivity contribution < 1.29 is 14.3 Å². The topological polar surface area (TPSA) is 61.9 Å².